The van der Waals surface area contributed by atoms with Gasteiger partial charge in [0.25, 0.3) is 0 Å². The summed E-state index contributed by atoms with van der Waals surface area (Å²) in [5.74, 6) is 0.595. The molecular formula is C46H28N4O. The number of fused-ring (bicyclic) bond motifs is 9. The van der Waals surface area contributed by atoms with Crippen LogP contribution in [0.4, 0.5) is 0 Å². The SMILES string of the molecule is c1ccc(-c2ccc3c4ccccc4n(-c4nc(-c5ccccc5-n5c6ccccc6c6ccccc65)c5oc6ccccc6c5n4)c3c2)cc1. The summed E-state index contributed by atoms with van der Waals surface area (Å²) < 4.78 is 11.2. The van der Waals surface area contributed by atoms with Crippen molar-refractivity contribution in [3.63, 3.8) is 0 Å². The van der Waals surface area contributed by atoms with Crippen LogP contribution in [-0.2, 0) is 0 Å². The first-order chi connectivity index (χ1) is 25.3. The van der Waals surface area contributed by atoms with Crippen molar-refractivity contribution in [2.75, 3.05) is 0 Å². The fraction of sp³-hybridized carbons (Fsp3) is 0. The van der Waals surface area contributed by atoms with Crippen LogP contribution in [0.3, 0.4) is 0 Å². The van der Waals surface area contributed by atoms with E-state index in [0.717, 1.165) is 77.4 Å². The maximum absolute atomic E-state index is 6.67. The van der Waals surface area contributed by atoms with E-state index in [2.05, 4.69) is 161 Å². The first kappa shape index (κ1) is 27.9. The van der Waals surface area contributed by atoms with Crippen LogP contribution in [0.25, 0.3) is 99.7 Å². The molecule has 11 rings (SSSR count). The van der Waals surface area contributed by atoms with Gasteiger partial charge in [-0.05, 0) is 53.6 Å². The van der Waals surface area contributed by atoms with Crippen LogP contribution >= 0.6 is 0 Å². The topological polar surface area (TPSA) is 48.8 Å². The summed E-state index contributed by atoms with van der Waals surface area (Å²) in [6.07, 6.45) is 0. The highest BCUT2D eigenvalue weighted by Gasteiger charge is 2.24. The van der Waals surface area contributed by atoms with Gasteiger partial charge in [0.1, 0.15) is 16.8 Å². The molecule has 11 aromatic rings. The van der Waals surface area contributed by atoms with E-state index < -0.39 is 0 Å². The molecule has 0 amide bonds. The molecule has 5 heteroatoms. The predicted molar refractivity (Wildman–Crippen MR) is 209 cm³/mol. The van der Waals surface area contributed by atoms with Gasteiger partial charge in [-0.2, -0.15) is 0 Å². The number of hydrogen-bond donors (Lipinski definition) is 0. The van der Waals surface area contributed by atoms with Gasteiger partial charge in [0.05, 0.1) is 27.8 Å². The lowest BCUT2D eigenvalue weighted by molar-refractivity contribution is 0.666. The van der Waals surface area contributed by atoms with Crippen LogP contribution < -0.4 is 0 Å². The minimum Gasteiger partial charge on any atom is -0.452 e. The number of nitrogens with zero attached hydrogens (tertiary/aromatic N) is 4. The van der Waals surface area contributed by atoms with Gasteiger partial charge in [0.2, 0.25) is 5.95 Å². The first-order valence-corrected chi connectivity index (χ1v) is 17.2. The molecule has 0 aliphatic carbocycles. The highest BCUT2D eigenvalue weighted by Crippen LogP contribution is 2.41. The third-order valence-electron chi connectivity index (χ3n) is 10.2. The van der Waals surface area contributed by atoms with Gasteiger partial charge < -0.3 is 8.98 Å². The molecule has 0 atom stereocenters. The quantitative estimate of drug-likeness (QED) is 0.190. The second-order valence-electron chi connectivity index (χ2n) is 13.0. The molecule has 0 N–H and O–H groups in total. The highest BCUT2D eigenvalue weighted by molar-refractivity contribution is 6.12. The van der Waals surface area contributed by atoms with Gasteiger partial charge in [0.15, 0.2) is 5.58 Å². The van der Waals surface area contributed by atoms with Gasteiger partial charge in [0, 0.05) is 32.5 Å². The van der Waals surface area contributed by atoms with Crippen molar-refractivity contribution in [1.29, 1.82) is 0 Å². The Morgan fingerprint density at radius 1 is 0.412 bits per heavy atom. The van der Waals surface area contributed by atoms with Crippen LogP contribution in [0.15, 0.2) is 174 Å². The molecule has 0 fully saturated rings. The summed E-state index contributed by atoms with van der Waals surface area (Å²) in [6.45, 7) is 0. The van der Waals surface area contributed by atoms with Crippen molar-refractivity contribution >= 4 is 65.7 Å². The zero-order valence-corrected chi connectivity index (χ0v) is 27.4. The van der Waals surface area contributed by atoms with E-state index in [1.54, 1.807) is 0 Å². The molecule has 0 spiro atoms. The molecule has 0 radical (unpaired) electrons. The minimum atomic E-state index is 0.595. The molecule has 0 aliphatic heterocycles. The average molecular weight is 653 g/mol. The molecule has 0 saturated heterocycles. The van der Waals surface area contributed by atoms with Crippen LogP contribution in [-0.4, -0.2) is 19.1 Å². The minimum absolute atomic E-state index is 0.595. The van der Waals surface area contributed by atoms with E-state index in [4.69, 9.17) is 14.4 Å². The number of furan rings is 1. The van der Waals surface area contributed by atoms with Crippen LogP contribution in [0.2, 0.25) is 0 Å². The van der Waals surface area contributed by atoms with Gasteiger partial charge in [-0.15, -0.1) is 0 Å². The molecule has 51 heavy (non-hydrogen) atoms. The van der Waals surface area contributed by atoms with Crippen molar-refractivity contribution in [2.24, 2.45) is 0 Å². The molecule has 5 nitrogen and oxygen atoms in total. The number of hydrogen-bond acceptors (Lipinski definition) is 3. The monoisotopic (exact) mass is 652 g/mol. The largest absolute Gasteiger partial charge is 0.452 e. The number of benzene rings is 7. The second-order valence-corrected chi connectivity index (χ2v) is 13.0. The normalized spacial score (nSPS) is 11.9. The number of aromatic nitrogens is 4. The molecule has 7 aromatic carbocycles. The van der Waals surface area contributed by atoms with Crippen molar-refractivity contribution in [2.45, 2.75) is 0 Å². The molecule has 0 bridgehead atoms. The zero-order chi connectivity index (χ0) is 33.5. The summed E-state index contributed by atoms with van der Waals surface area (Å²) in [5, 5.41) is 5.68. The Morgan fingerprint density at radius 2 is 0.980 bits per heavy atom. The van der Waals surface area contributed by atoms with Gasteiger partial charge in [-0.1, -0.05) is 127 Å². The highest BCUT2D eigenvalue weighted by atomic mass is 16.3. The third-order valence-corrected chi connectivity index (χ3v) is 10.2. The van der Waals surface area contributed by atoms with E-state index in [9.17, 15) is 0 Å². The predicted octanol–water partition coefficient (Wildman–Crippen LogP) is 11.9. The van der Waals surface area contributed by atoms with E-state index in [1.807, 2.05) is 18.2 Å². The van der Waals surface area contributed by atoms with Crippen molar-refractivity contribution < 1.29 is 4.42 Å². The lowest BCUT2D eigenvalue weighted by Gasteiger charge is -2.15. The van der Waals surface area contributed by atoms with Crippen LogP contribution in [0.1, 0.15) is 0 Å². The molecule has 0 unspecified atom stereocenters. The van der Waals surface area contributed by atoms with Gasteiger partial charge in [-0.3, -0.25) is 4.57 Å². The van der Waals surface area contributed by atoms with E-state index in [0.29, 0.717) is 11.5 Å². The summed E-state index contributed by atoms with van der Waals surface area (Å²) in [4.78, 5) is 10.8. The number of para-hydroxylation sites is 5. The van der Waals surface area contributed by atoms with Crippen LogP contribution in [0, 0.1) is 0 Å². The Morgan fingerprint density at radius 3 is 1.71 bits per heavy atom. The maximum atomic E-state index is 6.67. The lowest BCUT2D eigenvalue weighted by Crippen LogP contribution is -2.04. The molecular weight excluding hydrogens is 625 g/mol. The molecule has 0 saturated carbocycles. The standard InChI is InChI=1S/C46H28N4O/c1-2-14-29(15-3-1)30-26-27-34-33-18-6-11-23-39(33)50(41(34)28-30)46-47-43(45-44(48-46)36-20-8-13-25-42(36)51-45)35-19-7-12-24-40(35)49-37-21-9-4-16-31(37)32-17-5-10-22-38(32)49/h1-28H. The van der Waals surface area contributed by atoms with E-state index in [-0.39, 0.29) is 0 Å². The first-order valence-electron chi connectivity index (χ1n) is 17.2. The Balaban J connectivity index is 1.26. The van der Waals surface area contributed by atoms with Crippen LogP contribution in [0.5, 0.6) is 0 Å². The Hall–Kier alpha value is -6.98. The second kappa shape index (κ2) is 10.8. The Kier molecular flexibility index (Phi) is 5.89. The Labute approximate surface area is 292 Å². The van der Waals surface area contributed by atoms with Crippen molar-refractivity contribution in [3.05, 3.63) is 170 Å². The van der Waals surface area contributed by atoms with Gasteiger partial charge in [-0.25, -0.2) is 9.97 Å². The lowest BCUT2D eigenvalue weighted by atomic mass is 10.0. The molecule has 4 heterocycles. The van der Waals surface area contributed by atoms with Gasteiger partial charge >= 0.3 is 0 Å². The Bertz CT molecular complexity index is 3090. The van der Waals surface area contributed by atoms with E-state index >= 15 is 0 Å². The molecule has 238 valence electrons. The van der Waals surface area contributed by atoms with Crippen molar-refractivity contribution in [1.82, 2.24) is 19.1 Å². The fourth-order valence-corrected chi connectivity index (χ4v) is 7.91. The fourth-order valence-electron chi connectivity index (χ4n) is 7.91. The summed E-state index contributed by atoms with van der Waals surface area (Å²) >= 11 is 0. The molecule has 0 aliphatic rings. The summed E-state index contributed by atoms with van der Waals surface area (Å²) in [6, 6.07) is 59.5. The molecule has 4 aromatic heterocycles. The maximum Gasteiger partial charge on any atom is 0.236 e. The smallest absolute Gasteiger partial charge is 0.236 e. The summed E-state index contributed by atoms with van der Waals surface area (Å²) in [5.41, 5.74) is 11.6. The van der Waals surface area contributed by atoms with E-state index in [1.165, 1.54) is 10.8 Å². The average Bonchev–Trinajstić information content (AvgIpc) is 3.85. The summed E-state index contributed by atoms with van der Waals surface area (Å²) in [7, 11) is 0. The van der Waals surface area contributed by atoms with Crippen molar-refractivity contribution in [3.8, 4) is 34.0 Å². The number of rotatable bonds is 4. The third kappa shape index (κ3) is 4.09. The zero-order valence-electron chi connectivity index (χ0n) is 27.4.